The molecule has 16 heavy (non-hydrogen) atoms. The zero-order valence-corrected chi connectivity index (χ0v) is 9.26. The first-order valence-electron chi connectivity index (χ1n) is 4.71. The molecule has 0 atom stereocenters. The molecule has 0 aliphatic heterocycles. The summed E-state index contributed by atoms with van der Waals surface area (Å²) in [7, 11) is -4.15. The molecule has 0 amide bonds. The van der Waals surface area contributed by atoms with Crippen molar-refractivity contribution in [2.24, 2.45) is 0 Å². The van der Waals surface area contributed by atoms with E-state index in [1.165, 1.54) is 6.07 Å². The van der Waals surface area contributed by atoms with Crippen LogP contribution in [0.1, 0.15) is 5.56 Å². The number of hydrogen-bond donors (Lipinski definition) is 3. The van der Waals surface area contributed by atoms with Crippen LogP contribution in [-0.2, 0) is 10.7 Å². The van der Waals surface area contributed by atoms with E-state index in [9.17, 15) is 9.67 Å². The minimum absolute atomic E-state index is 0.0815. The summed E-state index contributed by atoms with van der Waals surface area (Å²) in [4.78, 5) is 17.7. The number of rotatable bonds is 2. The number of aromatic hydroxyl groups is 1. The molecule has 0 aromatic heterocycles. The Morgan fingerprint density at radius 2 is 1.62 bits per heavy atom. The van der Waals surface area contributed by atoms with E-state index >= 15 is 0 Å². The van der Waals surface area contributed by atoms with Gasteiger partial charge in [-0.05, 0) is 22.9 Å². The van der Waals surface area contributed by atoms with Crippen molar-refractivity contribution in [2.75, 3.05) is 0 Å². The smallest absolute Gasteiger partial charge is 0.330 e. The maximum absolute atomic E-state index is 10.9. The molecule has 0 saturated carbocycles. The van der Waals surface area contributed by atoms with Gasteiger partial charge in [-0.2, -0.15) is 0 Å². The van der Waals surface area contributed by atoms with Gasteiger partial charge >= 0.3 is 7.60 Å². The van der Waals surface area contributed by atoms with Crippen LogP contribution in [0.2, 0.25) is 0 Å². The fraction of sp³-hybridized carbons (Fsp3) is 0.0909. The maximum atomic E-state index is 10.9. The van der Waals surface area contributed by atoms with Crippen molar-refractivity contribution in [1.82, 2.24) is 0 Å². The molecule has 2 rings (SSSR count). The Kier molecular flexibility index (Phi) is 2.72. The molecule has 0 spiro atoms. The standard InChI is InChI=1S/C11H11O4P/c12-11-6-9-4-2-1-3-8(9)5-10(11)7-16(13,14)15/h1-6,12H,7H2,(H2,13,14,15). The first kappa shape index (κ1) is 11.1. The van der Waals surface area contributed by atoms with E-state index in [0.717, 1.165) is 10.8 Å². The van der Waals surface area contributed by atoms with E-state index in [-0.39, 0.29) is 11.3 Å². The Morgan fingerprint density at radius 3 is 2.19 bits per heavy atom. The molecule has 0 saturated heterocycles. The molecule has 0 unspecified atom stereocenters. The maximum Gasteiger partial charge on any atom is 0.330 e. The summed E-state index contributed by atoms with van der Waals surface area (Å²) in [5.41, 5.74) is 0.270. The van der Waals surface area contributed by atoms with Gasteiger partial charge in [0.05, 0.1) is 6.16 Å². The van der Waals surface area contributed by atoms with Gasteiger partial charge in [-0.25, -0.2) is 0 Å². The van der Waals surface area contributed by atoms with Gasteiger partial charge in [-0.3, -0.25) is 4.57 Å². The van der Waals surface area contributed by atoms with Crippen LogP contribution in [0.5, 0.6) is 5.75 Å². The Hall–Kier alpha value is -1.35. The number of benzene rings is 2. The van der Waals surface area contributed by atoms with Gasteiger partial charge in [0.15, 0.2) is 0 Å². The Bertz CT molecular complexity index is 573. The van der Waals surface area contributed by atoms with Gasteiger partial charge in [0.1, 0.15) is 5.75 Å². The molecule has 0 radical (unpaired) electrons. The van der Waals surface area contributed by atoms with Crippen molar-refractivity contribution < 1.29 is 19.5 Å². The minimum atomic E-state index is -4.15. The van der Waals surface area contributed by atoms with Crippen LogP contribution in [0, 0.1) is 0 Å². The first-order valence-corrected chi connectivity index (χ1v) is 6.51. The highest BCUT2D eigenvalue weighted by atomic mass is 31.2. The van der Waals surface area contributed by atoms with Crippen molar-refractivity contribution in [3.05, 3.63) is 42.0 Å². The SMILES string of the molecule is O=P(O)(O)Cc1cc2ccccc2cc1O. The van der Waals surface area contributed by atoms with E-state index in [1.54, 1.807) is 6.07 Å². The molecule has 4 nitrogen and oxygen atoms in total. The van der Waals surface area contributed by atoms with E-state index in [1.807, 2.05) is 24.3 Å². The summed E-state index contributed by atoms with van der Waals surface area (Å²) in [6.45, 7) is 0. The third kappa shape index (κ3) is 2.42. The second kappa shape index (κ2) is 3.91. The number of phenolic OH excluding ortho intramolecular Hbond substituents is 1. The second-order valence-corrected chi connectivity index (χ2v) is 5.30. The molecule has 0 bridgehead atoms. The van der Waals surface area contributed by atoms with Crippen molar-refractivity contribution in [3.8, 4) is 5.75 Å². The van der Waals surface area contributed by atoms with Crippen LogP contribution in [0.3, 0.4) is 0 Å². The molecule has 0 aliphatic rings. The predicted octanol–water partition coefficient (Wildman–Crippen LogP) is 2.22. The molecule has 0 aliphatic carbocycles. The highest BCUT2D eigenvalue weighted by molar-refractivity contribution is 7.50. The number of hydrogen-bond acceptors (Lipinski definition) is 2. The van der Waals surface area contributed by atoms with Gasteiger partial charge in [0, 0.05) is 5.56 Å². The molecular weight excluding hydrogens is 227 g/mol. The topological polar surface area (TPSA) is 77.8 Å². The summed E-state index contributed by atoms with van der Waals surface area (Å²) in [5.74, 6) is -0.0815. The van der Waals surface area contributed by atoms with E-state index < -0.39 is 13.8 Å². The molecule has 2 aromatic carbocycles. The second-order valence-electron chi connectivity index (χ2n) is 3.65. The van der Waals surface area contributed by atoms with E-state index in [2.05, 4.69) is 0 Å². The van der Waals surface area contributed by atoms with Crippen LogP contribution < -0.4 is 0 Å². The molecular formula is C11H11O4P. The van der Waals surface area contributed by atoms with Gasteiger partial charge in [-0.15, -0.1) is 0 Å². The Balaban J connectivity index is 2.54. The Morgan fingerprint density at radius 1 is 1.06 bits per heavy atom. The third-order valence-corrected chi connectivity index (χ3v) is 3.08. The van der Waals surface area contributed by atoms with Gasteiger partial charge in [0.25, 0.3) is 0 Å². The van der Waals surface area contributed by atoms with Crippen molar-refractivity contribution in [2.45, 2.75) is 6.16 Å². The van der Waals surface area contributed by atoms with Crippen molar-refractivity contribution in [1.29, 1.82) is 0 Å². The van der Waals surface area contributed by atoms with E-state index in [4.69, 9.17) is 9.79 Å². The summed E-state index contributed by atoms with van der Waals surface area (Å²) in [5, 5.41) is 11.3. The predicted molar refractivity (Wildman–Crippen MR) is 61.4 cm³/mol. The zero-order valence-electron chi connectivity index (χ0n) is 8.37. The number of fused-ring (bicyclic) bond motifs is 1. The van der Waals surface area contributed by atoms with Gasteiger partial charge in [-0.1, -0.05) is 24.3 Å². The normalized spacial score (nSPS) is 11.9. The van der Waals surface area contributed by atoms with Crippen LogP contribution in [-0.4, -0.2) is 14.9 Å². The van der Waals surface area contributed by atoms with Crippen LogP contribution in [0.15, 0.2) is 36.4 Å². The molecule has 0 heterocycles. The molecule has 2 aromatic rings. The molecule has 5 heteroatoms. The Labute approximate surface area is 92.3 Å². The highest BCUT2D eigenvalue weighted by Gasteiger charge is 2.17. The summed E-state index contributed by atoms with van der Waals surface area (Å²) >= 11 is 0. The lowest BCUT2D eigenvalue weighted by atomic mass is 10.1. The zero-order chi connectivity index (χ0) is 11.8. The van der Waals surface area contributed by atoms with Crippen molar-refractivity contribution >= 4 is 18.4 Å². The largest absolute Gasteiger partial charge is 0.508 e. The average molecular weight is 238 g/mol. The molecule has 0 fully saturated rings. The van der Waals surface area contributed by atoms with E-state index in [0.29, 0.717) is 0 Å². The van der Waals surface area contributed by atoms with Crippen LogP contribution in [0.4, 0.5) is 0 Å². The number of phenols is 1. The lowest BCUT2D eigenvalue weighted by Crippen LogP contribution is -1.88. The quantitative estimate of drug-likeness (QED) is 0.701. The van der Waals surface area contributed by atoms with Crippen LogP contribution in [0.25, 0.3) is 10.8 Å². The minimum Gasteiger partial charge on any atom is -0.508 e. The third-order valence-electron chi connectivity index (χ3n) is 2.32. The average Bonchev–Trinajstić information content (AvgIpc) is 2.17. The fourth-order valence-electron chi connectivity index (χ4n) is 1.62. The monoisotopic (exact) mass is 238 g/mol. The van der Waals surface area contributed by atoms with Gasteiger partial charge < -0.3 is 14.9 Å². The lowest BCUT2D eigenvalue weighted by Gasteiger charge is -2.08. The van der Waals surface area contributed by atoms with Crippen LogP contribution >= 0.6 is 7.60 Å². The lowest BCUT2D eigenvalue weighted by molar-refractivity contribution is 0.370. The molecule has 84 valence electrons. The molecule has 3 N–H and O–H groups in total. The van der Waals surface area contributed by atoms with Crippen molar-refractivity contribution in [3.63, 3.8) is 0 Å². The fourth-order valence-corrected chi connectivity index (χ4v) is 2.32. The van der Waals surface area contributed by atoms with Gasteiger partial charge in [0.2, 0.25) is 0 Å². The first-order chi connectivity index (χ1) is 7.46. The summed E-state index contributed by atoms with van der Waals surface area (Å²) < 4.78 is 10.9. The summed E-state index contributed by atoms with van der Waals surface area (Å²) in [6, 6.07) is 10.4. The summed E-state index contributed by atoms with van der Waals surface area (Å²) in [6.07, 6.45) is -0.441. The highest BCUT2D eigenvalue weighted by Crippen LogP contribution is 2.42.